The molecule has 0 fully saturated rings. The Balaban J connectivity index is 2.34. The molecule has 94 valence electrons. The minimum absolute atomic E-state index is 0.433. The third-order valence-corrected chi connectivity index (χ3v) is 2.43. The molecule has 1 aromatic carbocycles. The predicted molar refractivity (Wildman–Crippen MR) is 70.9 cm³/mol. The van der Waals surface area contributed by atoms with Gasteiger partial charge in [0.1, 0.15) is 6.33 Å². The summed E-state index contributed by atoms with van der Waals surface area (Å²) >= 11 is 0. The van der Waals surface area contributed by atoms with Gasteiger partial charge in [-0.2, -0.15) is 0 Å². The highest BCUT2D eigenvalue weighted by molar-refractivity contribution is 5.69. The molecule has 0 unspecified atom stereocenters. The third-order valence-electron chi connectivity index (χ3n) is 2.43. The maximum atomic E-state index is 5.36. The molecule has 0 aliphatic heterocycles. The van der Waals surface area contributed by atoms with Crippen molar-refractivity contribution < 1.29 is 4.74 Å². The molecule has 0 saturated heterocycles. The summed E-state index contributed by atoms with van der Waals surface area (Å²) in [6, 6.07) is 7.95. The zero-order valence-corrected chi connectivity index (χ0v) is 10.3. The minimum Gasteiger partial charge on any atom is -0.490 e. The quantitative estimate of drug-likeness (QED) is 0.563. The fourth-order valence-corrected chi connectivity index (χ4v) is 1.62. The molecule has 0 aliphatic rings. The second-order valence-electron chi connectivity index (χ2n) is 3.74. The molecule has 0 amide bonds. The number of rotatable bonds is 4. The maximum Gasteiger partial charge on any atom is 0.205 e. The summed E-state index contributed by atoms with van der Waals surface area (Å²) in [6.07, 6.45) is 1.41. The van der Waals surface area contributed by atoms with Gasteiger partial charge in [0.2, 0.25) is 5.75 Å². The van der Waals surface area contributed by atoms with Crippen LogP contribution in [0.25, 0.3) is 0 Å². The summed E-state index contributed by atoms with van der Waals surface area (Å²) in [5, 5.41) is 3.17. The molecule has 18 heavy (non-hydrogen) atoms. The van der Waals surface area contributed by atoms with E-state index in [1.54, 1.807) is 7.11 Å². The molecule has 2 aromatic rings. The number of nitrogens with zero attached hydrogens (tertiary/aromatic N) is 2. The van der Waals surface area contributed by atoms with E-state index in [2.05, 4.69) is 20.7 Å². The van der Waals surface area contributed by atoms with E-state index in [9.17, 15) is 0 Å². The van der Waals surface area contributed by atoms with E-state index >= 15 is 0 Å². The molecule has 0 aliphatic carbocycles. The number of nitrogens with one attached hydrogen (secondary N) is 2. The number of nitrogen functional groups attached to an aromatic ring is 1. The highest BCUT2D eigenvalue weighted by Crippen LogP contribution is 2.30. The zero-order chi connectivity index (χ0) is 13.0. The largest absolute Gasteiger partial charge is 0.490 e. The van der Waals surface area contributed by atoms with Gasteiger partial charge < -0.3 is 15.5 Å². The van der Waals surface area contributed by atoms with Crippen molar-refractivity contribution >= 4 is 17.3 Å². The summed E-state index contributed by atoms with van der Waals surface area (Å²) in [5.74, 6) is 6.83. The van der Waals surface area contributed by atoms with E-state index in [1.807, 2.05) is 31.2 Å². The predicted octanol–water partition coefficient (Wildman–Crippen LogP) is 1.82. The molecule has 1 aromatic heterocycles. The van der Waals surface area contributed by atoms with Gasteiger partial charge in [-0.25, -0.2) is 15.8 Å². The van der Waals surface area contributed by atoms with Crippen LogP contribution in [0.1, 0.15) is 5.56 Å². The number of nitrogens with two attached hydrogens (primary N) is 1. The Hall–Kier alpha value is -2.34. The van der Waals surface area contributed by atoms with Crippen molar-refractivity contribution in [2.75, 3.05) is 17.9 Å². The number of hydrogen-bond donors (Lipinski definition) is 3. The first-order chi connectivity index (χ1) is 8.74. The number of methoxy groups -OCH3 is 1. The Morgan fingerprint density at radius 2 is 2.00 bits per heavy atom. The first-order valence-corrected chi connectivity index (χ1v) is 5.44. The number of anilines is 3. The topological polar surface area (TPSA) is 85.1 Å². The van der Waals surface area contributed by atoms with Crippen molar-refractivity contribution in [3.05, 3.63) is 36.2 Å². The monoisotopic (exact) mass is 245 g/mol. The summed E-state index contributed by atoms with van der Waals surface area (Å²) in [4.78, 5) is 8.12. The minimum atomic E-state index is 0.433. The zero-order valence-electron chi connectivity index (χ0n) is 10.3. The van der Waals surface area contributed by atoms with Crippen LogP contribution >= 0.6 is 0 Å². The number of aromatic nitrogens is 2. The molecule has 0 radical (unpaired) electrons. The van der Waals surface area contributed by atoms with Gasteiger partial charge in [0, 0.05) is 5.69 Å². The van der Waals surface area contributed by atoms with Crippen LogP contribution in [0, 0.1) is 6.92 Å². The molecule has 1 heterocycles. The fraction of sp³-hybridized carbons (Fsp3) is 0.167. The molecule has 0 saturated carbocycles. The molecule has 0 bridgehead atoms. The van der Waals surface area contributed by atoms with Crippen LogP contribution in [0.3, 0.4) is 0 Å². The Kier molecular flexibility index (Phi) is 3.59. The van der Waals surface area contributed by atoms with Crippen molar-refractivity contribution in [1.82, 2.24) is 9.97 Å². The fourth-order valence-electron chi connectivity index (χ4n) is 1.62. The summed E-state index contributed by atoms with van der Waals surface area (Å²) in [5.41, 5.74) is 4.55. The first-order valence-electron chi connectivity index (χ1n) is 5.44. The lowest BCUT2D eigenvalue weighted by Gasteiger charge is -2.12. The van der Waals surface area contributed by atoms with Crippen molar-refractivity contribution in [3.63, 3.8) is 0 Å². The Bertz CT molecular complexity index is 544. The molecule has 2 rings (SSSR count). The van der Waals surface area contributed by atoms with Crippen LogP contribution in [0.15, 0.2) is 30.6 Å². The Labute approximate surface area is 105 Å². The molecule has 6 nitrogen and oxygen atoms in total. The van der Waals surface area contributed by atoms with Gasteiger partial charge in [-0.05, 0) is 24.6 Å². The molecule has 0 spiro atoms. The van der Waals surface area contributed by atoms with E-state index in [0.29, 0.717) is 17.4 Å². The number of benzene rings is 1. The van der Waals surface area contributed by atoms with E-state index < -0.39 is 0 Å². The van der Waals surface area contributed by atoms with Crippen LogP contribution < -0.4 is 21.3 Å². The smallest absolute Gasteiger partial charge is 0.205 e. The SMILES string of the molecule is COc1c(NN)ncnc1Nc1cccc(C)c1. The Morgan fingerprint density at radius 1 is 1.22 bits per heavy atom. The summed E-state index contributed by atoms with van der Waals surface area (Å²) < 4.78 is 5.24. The van der Waals surface area contributed by atoms with Crippen LogP contribution in [-0.2, 0) is 0 Å². The molecular formula is C12H15N5O. The standard InChI is InChI=1S/C12H15N5O/c1-8-4-3-5-9(6-8)16-11-10(18-2)12(17-13)15-7-14-11/h3-7H,13H2,1-2H3,(H2,14,15,16,17). The average Bonchev–Trinajstić information content (AvgIpc) is 2.38. The summed E-state index contributed by atoms with van der Waals surface area (Å²) in [6.45, 7) is 2.02. The van der Waals surface area contributed by atoms with Gasteiger partial charge >= 0.3 is 0 Å². The van der Waals surface area contributed by atoms with E-state index in [4.69, 9.17) is 10.6 Å². The molecule has 6 heteroatoms. The van der Waals surface area contributed by atoms with Crippen LogP contribution in [0.2, 0.25) is 0 Å². The highest BCUT2D eigenvalue weighted by Gasteiger charge is 2.11. The van der Waals surface area contributed by atoms with Crippen LogP contribution in [-0.4, -0.2) is 17.1 Å². The number of hydrogen-bond acceptors (Lipinski definition) is 6. The number of aryl methyl sites for hydroxylation is 1. The van der Waals surface area contributed by atoms with E-state index in [0.717, 1.165) is 11.3 Å². The van der Waals surface area contributed by atoms with Gasteiger partial charge in [0.15, 0.2) is 11.6 Å². The number of ether oxygens (including phenoxy) is 1. The van der Waals surface area contributed by atoms with Gasteiger partial charge in [0.05, 0.1) is 7.11 Å². The van der Waals surface area contributed by atoms with Crippen molar-refractivity contribution in [2.24, 2.45) is 5.84 Å². The van der Waals surface area contributed by atoms with Gasteiger partial charge in [-0.1, -0.05) is 12.1 Å². The van der Waals surface area contributed by atoms with Gasteiger partial charge in [-0.15, -0.1) is 0 Å². The second kappa shape index (κ2) is 5.33. The van der Waals surface area contributed by atoms with Crippen LogP contribution in [0.5, 0.6) is 5.75 Å². The highest BCUT2D eigenvalue weighted by atomic mass is 16.5. The van der Waals surface area contributed by atoms with Crippen molar-refractivity contribution in [3.8, 4) is 5.75 Å². The lowest BCUT2D eigenvalue weighted by Crippen LogP contribution is -2.11. The van der Waals surface area contributed by atoms with Crippen LogP contribution in [0.4, 0.5) is 17.3 Å². The second-order valence-corrected chi connectivity index (χ2v) is 3.74. The lowest BCUT2D eigenvalue weighted by atomic mass is 10.2. The van der Waals surface area contributed by atoms with E-state index in [1.165, 1.54) is 6.33 Å². The average molecular weight is 245 g/mol. The summed E-state index contributed by atoms with van der Waals surface area (Å²) in [7, 11) is 1.54. The molecule has 4 N–H and O–H groups in total. The molecule has 0 atom stereocenters. The van der Waals surface area contributed by atoms with E-state index in [-0.39, 0.29) is 0 Å². The third kappa shape index (κ3) is 2.49. The normalized spacial score (nSPS) is 9.94. The lowest BCUT2D eigenvalue weighted by molar-refractivity contribution is 0.415. The first kappa shape index (κ1) is 12.1. The molecular weight excluding hydrogens is 230 g/mol. The van der Waals surface area contributed by atoms with Gasteiger partial charge in [0.25, 0.3) is 0 Å². The van der Waals surface area contributed by atoms with Crippen molar-refractivity contribution in [1.29, 1.82) is 0 Å². The maximum absolute atomic E-state index is 5.36. The number of hydrazine groups is 1. The Morgan fingerprint density at radius 3 is 2.67 bits per heavy atom. The van der Waals surface area contributed by atoms with Gasteiger partial charge in [-0.3, -0.25) is 0 Å². The van der Waals surface area contributed by atoms with Crippen molar-refractivity contribution in [2.45, 2.75) is 6.92 Å².